The van der Waals surface area contributed by atoms with Gasteiger partial charge in [-0.05, 0) is 37.8 Å². The van der Waals surface area contributed by atoms with E-state index in [2.05, 4.69) is 10.3 Å². The number of hydrogen-bond donors (Lipinski definition) is 2. The number of pyridine rings is 1. The van der Waals surface area contributed by atoms with Crippen molar-refractivity contribution in [2.75, 3.05) is 31.1 Å². The highest BCUT2D eigenvalue weighted by molar-refractivity contribution is 5.75. The molecule has 2 heterocycles. The number of anilines is 1. The van der Waals surface area contributed by atoms with E-state index in [0.29, 0.717) is 57.7 Å². The van der Waals surface area contributed by atoms with Gasteiger partial charge in [0, 0.05) is 38.4 Å². The van der Waals surface area contributed by atoms with Crippen LogP contribution in [0, 0.1) is 11.7 Å². The largest absolute Gasteiger partial charge is 0.481 e. The van der Waals surface area contributed by atoms with Crippen molar-refractivity contribution in [2.24, 2.45) is 5.92 Å². The van der Waals surface area contributed by atoms with Crippen LogP contribution in [0.2, 0.25) is 0 Å². The van der Waals surface area contributed by atoms with Crippen molar-refractivity contribution in [1.82, 2.24) is 15.2 Å². The third-order valence-electron chi connectivity index (χ3n) is 5.01. The molecule has 0 unspecified atom stereocenters. The number of amides is 2. The van der Waals surface area contributed by atoms with Gasteiger partial charge >= 0.3 is 12.0 Å². The summed E-state index contributed by atoms with van der Waals surface area (Å²) in [7, 11) is 0. The molecule has 8 heteroatoms. The third kappa shape index (κ3) is 4.18. The lowest BCUT2D eigenvalue weighted by molar-refractivity contribution is -0.142. The van der Waals surface area contributed by atoms with Crippen LogP contribution in [0.1, 0.15) is 25.7 Å². The lowest BCUT2D eigenvalue weighted by Crippen LogP contribution is -2.54. The molecule has 1 aromatic heterocycles. The molecule has 2 fully saturated rings. The lowest BCUT2D eigenvalue weighted by Gasteiger charge is -2.36. The molecule has 7 nitrogen and oxygen atoms in total. The number of aliphatic carboxylic acids is 1. The highest BCUT2D eigenvalue weighted by atomic mass is 19.1. The number of carboxylic acid groups (broad SMARTS) is 1. The second-order valence-corrected chi connectivity index (χ2v) is 6.62. The van der Waals surface area contributed by atoms with E-state index in [-0.39, 0.29) is 23.8 Å². The van der Waals surface area contributed by atoms with Gasteiger partial charge < -0.3 is 20.2 Å². The fourth-order valence-electron chi connectivity index (χ4n) is 3.48. The highest BCUT2D eigenvalue weighted by Crippen LogP contribution is 2.24. The Labute approximate surface area is 145 Å². The quantitative estimate of drug-likeness (QED) is 0.867. The molecular formula is C17H23FN4O3. The standard InChI is InChI=1S/C17H23FN4O3/c18-14-2-1-7-19-15(14)21-8-10-22(11-9-21)17(25)20-13-5-3-12(4-6-13)16(23)24/h1-2,7,12-13H,3-6,8-11H2,(H,20,25)(H,23,24). The topological polar surface area (TPSA) is 85.8 Å². The molecule has 0 atom stereocenters. The highest BCUT2D eigenvalue weighted by Gasteiger charge is 2.29. The third-order valence-corrected chi connectivity index (χ3v) is 5.01. The minimum Gasteiger partial charge on any atom is -0.481 e. The number of hydrogen-bond acceptors (Lipinski definition) is 4. The van der Waals surface area contributed by atoms with Gasteiger partial charge in [0.1, 0.15) is 0 Å². The van der Waals surface area contributed by atoms with Crippen LogP contribution in [0.4, 0.5) is 15.0 Å². The van der Waals surface area contributed by atoms with Crippen molar-refractivity contribution >= 4 is 17.8 Å². The van der Waals surface area contributed by atoms with Gasteiger partial charge in [-0.2, -0.15) is 0 Å². The molecule has 1 aliphatic carbocycles. The van der Waals surface area contributed by atoms with Crippen LogP contribution in [0.15, 0.2) is 18.3 Å². The molecule has 2 N–H and O–H groups in total. The van der Waals surface area contributed by atoms with Gasteiger partial charge in [-0.15, -0.1) is 0 Å². The molecule has 2 aliphatic rings. The Morgan fingerprint density at radius 3 is 2.44 bits per heavy atom. The van der Waals surface area contributed by atoms with Gasteiger partial charge in [0.2, 0.25) is 0 Å². The van der Waals surface area contributed by atoms with Gasteiger partial charge in [-0.1, -0.05) is 0 Å². The number of rotatable bonds is 3. The summed E-state index contributed by atoms with van der Waals surface area (Å²) in [5.74, 6) is -1.06. The van der Waals surface area contributed by atoms with Crippen LogP contribution in [-0.2, 0) is 4.79 Å². The maximum atomic E-state index is 13.8. The Kier molecular flexibility index (Phi) is 5.35. The molecule has 0 spiro atoms. The molecule has 3 rings (SSSR count). The molecule has 1 aromatic rings. The van der Waals surface area contributed by atoms with Crippen molar-refractivity contribution < 1.29 is 19.1 Å². The molecule has 25 heavy (non-hydrogen) atoms. The Morgan fingerprint density at radius 1 is 1.16 bits per heavy atom. The summed E-state index contributed by atoms with van der Waals surface area (Å²) in [6.07, 6.45) is 4.16. The van der Waals surface area contributed by atoms with Crippen LogP contribution >= 0.6 is 0 Å². The molecule has 1 saturated carbocycles. The van der Waals surface area contributed by atoms with Crippen LogP contribution < -0.4 is 10.2 Å². The number of carbonyl (C=O) groups excluding carboxylic acids is 1. The van der Waals surface area contributed by atoms with Crippen LogP contribution in [-0.4, -0.2) is 59.2 Å². The number of urea groups is 1. The fraction of sp³-hybridized carbons (Fsp3) is 0.588. The van der Waals surface area contributed by atoms with Crippen molar-refractivity contribution in [3.05, 3.63) is 24.1 Å². The van der Waals surface area contributed by atoms with Crippen molar-refractivity contribution in [3.8, 4) is 0 Å². The van der Waals surface area contributed by atoms with E-state index in [1.165, 1.54) is 6.07 Å². The first-order valence-electron chi connectivity index (χ1n) is 8.68. The summed E-state index contributed by atoms with van der Waals surface area (Å²) in [6, 6.07) is 2.85. The smallest absolute Gasteiger partial charge is 0.317 e. The van der Waals surface area contributed by atoms with Crippen molar-refractivity contribution in [3.63, 3.8) is 0 Å². The average Bonchev–Trinajstić information content (AvgIpc) is 2.63. The first-order valence-corrected chi connectivity index (χ1v) is 8.68. The summed E-state index contributed by atoms with van der Waals surface area (Å²) in [4.78, 5) is 31.0. The fourth-order valence-corrected chi connectivity index (χ4v) is 3.48. The number of nitrogens with zero attached hydrogens (tertiary/aromatic N) is 3. The van der Waals surface area contributed by atoms with Gasteiger partial charge in [0.05, 0.1) is 5.92 Å². The molecule has 0 bridgehead atoms. The zero-order valence-electron chi connectivity index (χ0n) is 14.0. The zero-order chi connectivity index (χ0) is 17.8. The Hall–Kier alpha value is -2.38. The predicted molar refractivity (Wildman–Crippen MR) is 89.9 cm³/mol. The number of nitrogens with one attached hydrogen (secondary N) is 1. The second-order valence-electron chi connectivity index (χ2n) is 6.62. The number of aromatic nitrogens is 1. The Balaban J connectivity index is 1.46. The summed E-state index contributed by atoms with van der Waals surface area (Å²) < 4.78 is 13.8. The van der Waals surface area contributed by atoms with Crippen LogP contribution in [0.3, 0.4) is 0 Å². The summed E-state index contributed by atoms with van der Waals surface area (Å²) in [5, 5.41) is 12.0. The Bertz CT molecular complexity index is 626. The van der Waals surface area contributed by atoms with E-state index >= 15 is 0 Å². The number of halogens is 1. The SMILES string of the molecule is O=C(O)C1CCC(NC(=O)N2CCN(c3ncccc3F)CC2)CC1. The molecular weight excluding hydrogens is 327 g/mol. The van der Waals surface area contributed by atoms with Gasteiger partial charge in [0.15, 0.2) is 11.6 Å². The van der Waals surface area contributed by atoms with E-state index in [9.17, 15) is 14.0 Å². The predicted octanol–water partition coefficient (Wildman–Crippen LogP) is 1.70. The number of piperazine rings is 1. The molecule has 1 aliphatic heterocycles. The van der Waals surface area contributed by atoms with Crippen LogP contribution in [0.25, 0.3) is 0 Å². The van der Waals surface area contributed by atoms with E-state index in [0.717, 1.165) is 0 Å². The first-order chi connectivity index (χ1) is 12.0. The summed E-state index contributed by atoms with van der Waals surface area (Å²) in [5.41, 5.74) is 0. The van der Waals surface area contributed by atoms with E-state index < -0.39 is 5.97 Å². The minimum atomic E-state index is -0.748. The molecule has 0 aromatic carbocycles. The number of carboxylic acids is 1. The average molecular weight is 350 g/mol. The molecule has 2 amide bonds. The van der Waals surface area contributed by atoms with E-state index in [1.54, 1.807) is 17.2 Å². The minimum absolute atomic E-state index is 0.0364. The second kappa shape index (κ2) is 7.67. The van der Waals surface area contributed by atoms with E-state index in [4.69, 9.17) is 5.11 Å². The van der Waals surface area contributed by atoms with Crippen molar-refractivity contribution in [2.45, 2.75) is 31.7 Å². The summed E-state index contributed by atoms with van der Waals surface area (Å²) in [6.45, 7) is 2.08. The van der Waals surface area contributed by atoms with Crippen molar-refractivity contribution in [1.29, 1.82) is 0 Å². The van der Waals surface area contributed by atoms with Gasteiger partial charge in [0.25, 0.3) is 0 Å². The Morgan fingerprint density at radius 2 is 1.84 bits per heavy atom. The first kappa shape index (κ1) is 17.4. The molecule has 0 radical (unpaired) electrons. The zero-order valence-corrected chi connectivity index (χ0v) is 14.0. The monoisotopic (exact) mass is 350 g/mol. The molecule has 1 saturated heterocycles. The van der Waals surface area contributed by atoms with E-state index in [1.807, 2.05) is 4.90 Å². The normalized spacial score (nSPS) is 24.0. The summed E-state index contributed by atoms with van der Waals surface area (Å²) >= 11 is 0. The molecule has 136 valence electrons. The number of carbonyl (C=O) groups is 2. The van der Waals surface area contributed by atoms with Gasteiger partial charge in [-0.3, -0.25) is 4.79 Å². The lowest BCUT2D eigenvalue weighted by atomic mass is 9.86. The maximum Gasteiger partial charge on any atom is 0.317 e. The van der Waals surface area contributed by atoms with Crippen LogP contribution in [0.5, 0.6) is 0 Å². The maximum absolute atomic E-state index is 13.8. The van der Waals surface area contributed by atoms with Gasteiger partial charge in [-0.25, -0.2) is 14.2 Å².